The van der Waals surface area contributed by atoms with Gasteiger partial charge in [-0.05, 0) is 30.4 Å². The fourth-order valence-corrected chi connectivity index (χ4v) is 3.18. The van der Waals surface area contributed by atoms with Crippen molar-refractivity contribution in [2.24, 2.45) is 0 Å². The molecule has 0 saturated heterocycles. The van der Waals surface area contributed by atoms with Gasteiger partial charge < -0.3 is 5.32 Å². The van der Waals surface area contributed by atoms with Crippen LogP contribution in [0.25, 0.3) is 0 Å². The molecule has 6 nitrogen and oxygen atoms in total. The second kappa shape index (κ2) is 8.73. The van der Waals surface area contributed by atoms with Crippen LogP contribution in [0.5, 0.6) is 0 Å². The standard InChI is InChI=1S/C17H24N4O2S/c1-4-10-21-16(23)19-20-17(21)24-11-15(22)18-14-9-7-6-8-13(14)12(3)5-2/h6-9,12H,4-5,10-11H2,1-3H3,(H,18,22)(H,19,23)/t12-/m0/s1. The topological polar surface area (TPSA) is 79.8 Å². The summed E-state index contributed by atoms with van der Waals surface area (Å²) in [6.07, 6.45) is 1.85. The SMILES string of the molecule is CCCn1c(SCC(=O)Nc2ccccc2[C@@H](C)CC)n[nH]c1=O. The minimum absolute atomic E-state index is 0.103. The molecule has 2 aromatic rings. The van der Waals surface area contributed by atoms with Crippen LogP contribution in [0.2, 0.25) is 0 Å². The van der Waals surface area contributed by atoms with Crippen LogP contribution in [0.1, 0.15) is 45.1 Å². The van der Waals surface area contributed by atoms with Gasteiger partial charge in [0.2, 0.25) is 5.91 Å². The second-order valence-corrected chi connectivity index (χ2v) is 6.64. The van der Waals surface area contributed by atoms with Crippen molar-refractivity contribution in [1.29, 1.82) is 0 Å². The molecule has 2 N–H and O–H groups in total. The van der Waals surface area contributed by atoms with E-state index in [-0.39, 0.29) is 17.3 Å². The maximum atomic E-state index is 12.3. The van der Waals surface area contributed by atoms with Gasteiger partial charge in [0, 0.05) is 12.2 Å². The van der Waals surface area contributed by atoms with Crippen LogP contribution in [0.3, 0.4) is 0 Å². The Bertz CT molecular complexity index is 738. The molecule has 0 spiro atoms. The van der Waals surface area contributed by atoms with E-state index >= 15 is 0 Å². The normalized spacial score (nSPS) is 12.1. The number of hydrogen-bond acceptors (Lipinski definition) is 4. The van der Waals surface area contributed by atoms with Crippen molar-refractivity contribution in [2.45, 2.75) is 51.2 Å². The van der Waals surface area contributed by atoms with Gasteiger partial charge in [0.05, 0.1) is 5.75 Å². The Kier molecular flexibility index (Phi) is 6.66. The zero-order valence-electron chi connectivity index (χ0n) is 14.3. The van der Waals surface area contributed by atoms with E-state index in [1.54, 1.807) is 4.57 Å². The fourth-order valence-electron chi connectivity index (χ4n) is 2.41. The average molecular weight is 348 g/mol. The Balaban J connectivity index is 2.01. The van der Waals surface area contributed by atoms with E-state index in [9.17, 15) is 9.59 Å². The Morgan fingerprint density at radius 3 is 2.83 bits per heavy atom. The lowest BCUT2D eigenvalue weighted by Gasteiger charge is -2.15. The minimum Gasteiger partial charge on any atom is -0.325 e. The van der Waals surface area contributed by atoms with Gasteiger partial charge in [-0.15, -0.1) is 5.10 Å². The third kappa shape index (κ3) is 4.50. The summed E-state index contributed by atoms with van der Waals surface area (Å²) in [4.78, 5) is 23.9. The highest BCUT2D eigenvalue weighted by atomic mass is 32.2. The first-order valence-corrected chi connectivity index (χ1v) is 9.22. The van der Waals surface area contributed by atoms with Gasteiger partial charge in [-0.3, -0.25) is 9.36 Å². The molecule has 0 unspecified atom stereocenters. The number of aromatic nitrogens is 3. The van der Waals surface area contributed by atoms with Crippen LogP contribution in [-0.4, -0.2) is 26.4 Å². The number of aromatic amines is 1. The Hall–Kier alpha value is -2.02. The van der Waals surface area contributed by atoms with E-state index in [4.69, 9.17) is 0 Å². The monoisotopic (exact) mass is 348 g/mol. The molecule has 0 fully saturated rings. The Morgan fingerprint density at radius 1 is 1.38 bits per heavy atom. The summed E-state index contributed by atoms with van der Waals surface area (Å²) in [5.41, 5.74) is 1.76. The molecule has 1 heterocycles. The summed E-state index contributed by atoms with van der Waals surface area (Å²) in [7, 11) is 0. The van der Waals surface area contributed by atoms with Gasteiger partial charge >= 0.3 is 5.69 Å². The summed E-state index contributed by atoms with van der Waals surface area (Å²) in [6.45, 7) is 6.86. The first-order valence-electron chi connectivity index (χ1n) is 8.23. The van der Waals surface area contributed by atoms with Crippen molar-refractivity contribution in [3.05, 3.63) is 40.3 Å². The fraction of sp³-hybridized carbons (Fsp3) is 0.471. The van der Waals surface area contributed by atoms with Gasteiger partial charge in [0.25, 0.3) is 0 Å². The highest BCUT2D eigenvalue weighted by Crippen LogP contribution is 2.26. The van der Waals surface area contributed by atoms with E-state index in [0.717, 1.165) is 24.1 Å². The molecule has 24 heavy (non-hydrogen) atoms. The number of hydrogen-bond donors (Lipinski definition) is 2. The lowest BCUT2D eigenvalue weighted by atomic mass is 9.97. The third-order valence-corrected chi connectivity index (χ3v) is 4.86. The summed E-state index contributed by atoms with van der Waals surface area (Å²) >= 11 is 1.26. The van der Waals surface area contributed by atoms with Gasteiger partial charge in [-0.25, -0.2) is 9.89 Å². The third-order valence-electron chi connectivity index (χ3n) is 3.88. The number of para-hydroxylation sites is 1. The number of anilines is 1. The van der Waals surface area contributed by atoms with E-state index < -0.39 is 0 Å². The predicted molar refractivity (Wildman–Crippen MR) is 97.6 cm³/mol. The van der Waals surface area contributed by atoms with Crippen molar-refractivity contribution in [3.8, 4) is 0 Å². The molecule has 7 heteroatoms. The van der Waals surface area contributed by atoms with Crippen LogP contribution >= 0.6 is 11.8 Å². The number of rotatable bonds is 8. The number of carbonyl (C=O) groups is 1. The van der Waals surface area contributed by atoms with Crippen molar-refractivity contribution >= 4 is 23.4 Å². The molecule has 0 bridgehead atoms. The van der Waals surface area contributed by atoms with Crippen LogP contribution in [0.15, 0.2) is 34.2 Å². The number of carbonyl (C=O) groups excluding carboxylic acids is 1. The molecule has 0 aliphatic rings. The molecule has 2 rings (SSSR count). The van der Waals surface area contributed by atoms with Crippen LogP contribution < -0.4 is 11.0 Å². The number of benzene rings is 1. The number of thioether (sulfide) groups is 1. The molecule has 0 saturated carbocycles. The average Bonchev–Trinajstić information content (AvgIpc) is 2.93. The molecule has 0 radical (unpaired) electrons. The van der Waals surface area contributed by atoms with Gasteiger partial charge in [-0.2, -0.15) is 0 Å². The Labute approximate surface area is 146 Å². The number of amides is 1. The second-order valence-electron chi connectivity index (χ2n) is 5.70. The van der Waals surface area contributed by atoms with Crippen molar-refractivity contribution in [1.82, 2.24) is 14.8 Å². The van der Waals surface area contributed by atoms with Crippen LogP contribution in [0, 0.1) is 0 Å². The van der Waals surface area contributed by atoms with Crippen molar-refractivity contribution < 1.29 is 4.79 Å². The van der Waals surface area contributed by atoms with Crippen molar-refractivity contribution in [3.63, 3.8) is 0 Å². The summed E-state index contributed by atoms with van der Waals surface area (Å²) in [5, 5.41) is 9.93. The molecule has 1 atom stereocenters. The van der Waals surface area contributed by atoms with E-state index in [1.807, 2.05) is 31.2 Å². The van der Waals surface area contributed by atoms with Gasteiger partial charge in [0.1, 0.15) is 0 Å². The quantitative estimate of drug-likeness (QED) is 0.718. The maximum absolute atomic E-state index is 12.3. The van der Waals surface area contributed by atoms with E-state index in [2.05, 4.69) is 29.4 Å². The summed E-state index contributed by atoms with van der Waals surface area (Å²) in [5.74, 6) is 0.493. The first kappa shape index (κ1) is 18.3. The lowest BCUT2D eigenvalue weighted by Crippen LogP contribution is -2.19. The highest BCUT2D eigenvalue weighted by Gasteiger charge is 2.13. The molecule has 1 aromatic heterocycles. The molecular formula is C17H24N4O2S. The lowest BCUT2D eigenvalue weighted by molar-refractivity contribution is -0.113. The van der Waals surface area contributed by atoms with Gasteiger partial charge in [-0.1, -0.05) is 50.7 Å². The summed E-state index contributed by atoms with van der Waals surface area (Å²) in [6, 6.07) is 7.87. The van der Waals surface area contributed by atoms with Gasteiger partial charge in [0.15, 0.2) is 5.16 Å². The Morgan fingerprint density at radius 2 is 2.12 bits per heavy atom. The van der Waals surface area contributed by atoms with Crippen molar-refractivity contribution in [2.75, 3.05) is 11.1 Å². The smallest absolute Gasteiger partial charge is 0.325 e. The molecular weight excluding hydrogens is 324 g/mol. The molecule has 1 amide bonds. The van der Waals surface area contributed by atoms with Crippen LogP contribution in [-0.2, 0) is 11.3 Å². The van der Waals surface area contributed by atoms with Crippen LogP contribution in [0.4, 0.5) is 5.69 Å². The summed E-state index contributed by atoms with van der Waals surface area (Å²) < 4.78 is 1.56. The van der Waals surface area contributed by atoms with E-state index in [0.29, 0.717) is 17.6 Å². The molecule has 0 aliphatic carbocycles. The highest BCUT2D eigenvalue weighted by molar-refractivity contribution is 7.99. The zero-order chi connectivity index (χ0) is 17.5. The molecule has 130 valence electrons. The number of H-pyrrole nitrogens is 1. The maximum Gasteiger partial charge on any atom is 0.343 e. The number of nitrogens with one attached hydrogen (secondary N) is 2. The first-order chi connectivity index (χ1) is 11.6. The molecule has 0 aliphatic heterocycles. The minimum atomic E-state index is -0.234. The van der Waals surface area contributed by atoms with E-state index in [1.165, 1.54) is 11.8 Å². The largest absolute Gasteiger partial charge is 0.343 e. The zero-order valence-corrected chi connectivity index (χ0v) is 15.2. The molecule has 1 aromatic carbocycles. The number of nitrogens with zero attached hydrogens (tertiary/aromatic N) is 2. The predicted octanol–water partition coefficient (Wildman–Crippen LogP) is 3.23.